The number of rotatable bonds is 5. The third kappa shape index (κ3) is 3.80. The topological polar surface area (TPSA) is 79.5 Å². The third-order valence-electron chi connectivity index (χ3n) is 3.37. The predicted octanol–water partition coefficient (Wildman–Crippen LogP) is 0.971. The molecule has 6 nitrogen and oxygen atoms in total. The number of carboxylic acids is 1. The fourth-order valence-corrected chi connectivity index (χ4v) is 2.21. The van der Waals surface area contributed by atoms with Crippen LogP contribution >= 0.6 is 0 Å². The van der Waals surface area contributed by atoms with Gasteiger partial charge in [-0.2, -0.15) is 4.98 Å². The Balaban J connectivity index is 1.81. The van der Waals surface area contributed by atoms with Crippen LogP contribution in [0.5, 0.6) is 0 Å². The van der Waals surface area contributed by atoms with Crippen LogP contribution < -0.4 is 0 Å². The van der Waals surface area contributed by atoms with Crippen molar-refractivity contribution in [2.24, 2.45) is 5.92 Å². The number of piperidine rings is 1. The van der Waals surface area contributed by atoms with Crippen molar-refractivity contribution in [2.45, 2.75) is 32.1 Å². The molecule has 18 heavy (non-hydrogen) atoms. The van der Waals surface area contributed by atoms with Gasteiger partial charge < -0.3 is 14.5 Å². The molecule has 0 atom stereocenters. The molecule has 0 unspecified atom stereocenters. The number of likely N-dealkylation sites (tertiary alicyclic amines) is 1. The number of aryl methyl sites for hydroxylation is 1. The van der Waals surface area contributed by atoms with Crippen LogP contribution in [0.3, 0.4) is 0 Å². The highest BCUT2D eigenvalue weighted by atomic mass is 16.5. The van der Waals surface area contributed by atoms with Crippen molar-refractivity contribution >= 4 is 5.97 Å². The first-order valence-electron chi connectivity index (χ1n) is 6.35. The summed E-state index contributed by atoms with van der Waals surface area (Å²) in [7, 11) is 2.13. The van der Waals surface area contributed by atoms with Gasteiger partial charge >= 0.3 is 5.97 Å². The molecule has 0 spiro atoms. The number of carbonyl (C=O) groups is 1. The largest absolute Gasteiger partial charge is 0.481 e. The lowest BCUT2D eigenvalue weighted by Crippen LogP contribution is -2.31. The number of hydrogen-bond acceptors (Lipinski definition) is 5. The molecule has 1 aliphatic heterocycles. The second kappa shape index (κ2) is 5.95. The van der Waals surface area contributed by atoms with Crippen LogP contribution in [0.4, 0.5) is 0 Å². The second-order valence-electron chi connectivity index (χ2n) is 4.95. The molecule has 0 aromatic carbocycles. The van der Waals surface area contributed by atoms with Gasteiger partial charge in [0.2, 0.25) is 5.89 Å². The molecule has 6 heteroatoms. The maximum absolute atomic E-state index is 10.4. The molecule has 0 aliphatic carbocycles. The molecular weight excluding hydrogens is 234 g/mol. The van der Waals surface area contributed by atoms with Crippen LogP contribution in [0.25, 0.3) is 0 Å². The van der Waals surface area contributed by atoms with Gasteiger partial charge in [-0.15, -0.1) is 0 Å². The van der Waals surface area contributed by atoms with Crippen LogP contribution in [0.1, 0.15) is 31.0 Å². The maximum atomic E-state index is 10.4. The zero-order chi connectivity index (χ0) is 13.0. The molecule has 0 bridgehead atoms. The zero-order valence-electron chi connectivity index (χ0n) is 10.6. The molecule has 2 rings (SSSR count). The molecule has 0 saturated carbocycles. The predicted molar refractivity (Wildman–Crippen MR) is 64.2 cm³/mol. The van der Waals surface area contributed by atoms with E-state index in [0.29, 0.717) is 24.1 Å². The van der Waals surface area contributed by atoms with Crippen LogP contribution in [0, 0.1) is 5.92 Å². The van der Waals surface area contributed by atoms with Gasteiger partial charge in [0.1, 0.15) is 0 Å². The highest BCUT2D eigenvalue weighted by Gasteiger charge is 2.19. The third-order valence-corrected chi connectivity index (χ3v) is 3.37. The van der Waals surface area contributed by atoms with E-state index in [2.05, 4.69) is 22.1 Å². The molecule has 1 aliphatic rings. The molecule has 1 N–H and O–H groups in total. The summed E-state index contributed by atoms with van der Waals surface area (Å²) in [4.78, 5) is 17.0. The second-order valence-corrected chi connectivity index (χ2v) is 4.95. The highest BCUT2D eigenvalue weighted by Crippen LogP contribution is 2.19. The summed E-state index contributed by atoms with van der Waals surface area (Å²) in [6.07, 6.45) is 3.51. The smallest absolute Gasteiger partial charge is 0.303 e. The molecule has 1 fully saturated rings. The monoisotopic (exact) mass is 253 g/mol. The lowest BCUT2D eigenvalue weighted by atomic mass is 9.94. The standard InChI is InChI=1S/C12H19N3O3/c1-15-6-4-9(5-7-15)8-10-13-11(18-14-10)2-3-12(16)17/h9H,2-8H2,1H3,(H,16,17). The van der Waals surface area contributed by atoms with E-state index in [-0.39, 0.29) is 6.42 Å². The Morgan fingerprint density at radius 3 is 2.89 bits per heavy atom. The van der Waals surface area contributed by atoms with E-state index in [1.807, 2.05) is 0 Å². The van der Waals surface area contributed by atoms with E-state index in [0.717, 1.165) is 32.4 Å². The number of carboxylic acid groups (broad SMARTS) is 1. The van der Waals surface area contributed by atoms with E-state index in [1.54, 1.807) is 0 Å². The van der Waals surface area contributed by atoms with Gasteiger partial charge in [0.15, 0.2) is 5.82 Å². The Bertz CT molecular complexity index is 397. The van der Waals surface area contributed by atoms with E-state index < -0.39 is 5.97 Å². The average Bonchev–Trinajstić information content (AvgIpc) is 2.77. The number of aromatic nitrogens is 2. The first kappa shape index (κ1) is 13.0. The number of nitrogens with zero attached hydrogens (tertiary/aromatic N) is 3. The van der Waals surface area contributed by atoms with Crippen molar-refractivity contribution in [3.05, 3.63) is 11.7 Å². The Kier molecular flexibility index (Phi) is 4.30. The van der Waals surface area contributed by atoms with Crippen molar-refractivity contribution in [1.29, 1.82) is 0 Å². The SMILES string of the molecule is CN1CCC(Cc2noc(CCC(=O)O)n2)CC1. The Labute approximate surface area is 106 Å². The molecule has 2 heterocycles. The van der Waals surface area contributed by atoms with Gasteiger partial charge in [-0.05, 0) is 38.9 Å². The van der Waals surface area contributed by atoms with Gasteiger partial charge in [0.25, 0.3) is 0 Å². The van der Waals surface area contributed by atoms with Crippen LogP contribution in [0.15, 0.2) is 4.52 Å². The molecule has 1 aromatic rings. The summed E-state index contributed by atoms with van der Waals surface area (Å²) in [6.45, 7) is 2.24. The number of hydrogen-bond donors (Lipinski definition) is 1. The van der Waals surface area contributed by atoms with Crippen molar-refractivity contribution in [2.75, 3.05) is 20.1 Å². The summed E-state index contributed by atoms with van der Waals surface area (Å²) >= 11 is 0. The normalized spacial score (nSPS) is 18.1. The minimum atomic E-state index is -0.843. The quantitative estimate of drug-likeness (QED) is 0.842. The number of aliphatic carboxylic acids is 1. The van der Waals surface area contributed by atoms with Crippen molar-refractivity contribution in [3.8, 4) is 0 Å². The maximum Gasteiger partial charge on any atom is 0.303 e. The molecule has 100 valence electrons. The summed E-state index contributed by atoms with van der Waals surface area (Å²) in [5.74, 6) is 0.918. The first-order valence-corrected chi connectivity index (χ1v) is 6.35. The first-order chi connectivity index (χ1) is 8.63. The van der Waals surface area contributed by atoms with E-state index in [9.17, 15) is 4.79 Å². The molecule has 1 aromatic heterocycles. The van der Waals surface area contributed by atoms with Crippen molar-refractivity contribution < 1.29 is 14.4 Å². The molecule has 0 radical (unpaired) electrons. The van der Waals surface area contributed by atoms with E-state index >= 15 is 0 Å². The minimum Gasteiger partial charge on any atom is -0.481 e. The summed E-state index contributed by atoms with van der Waals surface area (Å²) in [5, 5.41) is 12.5. The van der Waals surface area contributed by atoms with E-state index in [1.165, 1.54) is 0 Å². The van der Waals surface area contributed by atoms with Crippen LogP contribution in [-0.2, 0) is 17.6 Å². The summed E-state index contributed by atoms with van der Waals surface area (Å²) < 4.78 is 5.04. The summed E-state index contributed by atoms with van der Waals surface area (Å²) in [6, 6.07) is 0. The Hall–Kier alpha value is -1.43. The van der Waals surface area contributed by atoms with Crippen LogP contribution in [-0.4, -0.2) is 46.3 Å². The lowest BCUT2D eigenvalue weighted by Gasteiger charge is -2.27. The highest BCUT2D eigenvalue weighted by molar-refractivity contribution is 5.66. The van der Waals surface area contributed by atoms with Gasteiger partial charge in [-0.1, -0.05) is 5.16 Å². The van der Waals surface area contributed by atoms with Gasteiger partial charge in [-0.25, -0.2) is 0 Å². The Morgan fingerprint density at radius 1 is 1.50 bits per heavy atom. The van der Waals surface area contributed by atoms with Gasteiger partial charge in [0.05, 0.1) is 6.42 Å². The molecular formula is C12H19N3O3. The average molecular weight is 253 g/mol. The minimum absolute atomic E-state index is 0.0376. The van der Waals surface area contributed by atoms with Crippen LogP contribution in [0.2, 0.25) is 0 Å². The lowest BCUT2D eigenvalue weighted by molar-refractivity contribution is -0.137. The van der Waals surface area contributed by atoms with Gasteiger partial charge in [0, 0.05) is 12.8 Å². The Morgan fingerprint density at radius 2 is 2.22 bits per heavy atom. The summed E-state index contributed by atoms with van der Waals surface area (Å²) in [5.41, 5.74) is 0. The molecule has 0 amide bonds. The van der Waals surface area contributed by atoms with Gasteiger partial charge in [-0.3, -0.25) is 4.79 Å². The zero-order valence-corrected chi connectivity index (χ0v) is 10.6. The molecule has 1 saturated heterocycles. The fourth-order valence-electron chi connectivity index (χ4n) is 2.21. The van der Waals surface area contributed by atoms with Crippen molar-refractivity contribution in [1.82, 2.24) is 15.0 Å². The fraction of sp³-hybridized carbons (Fsp3) is 0.750. The van der Waals surface area contributed by atoms with Crippen molar-refractivity contribution in [3.63, 3.8) is 0 Å². The van der Waals surface area contributed by atoms with E-state index in [4.69, 9.17) is 9.63 Å².